The number of anilines is 1. The van der Waals surface area contributed by atoms with E-state index in [1.165, 1.54) is 22.4 Å². The number of alkyl carbamates (subject to hydrolysis) is 1. The molecule has 5 nitrogen and oxygen atoms in total. The van der Waals surface area contributed by atoms with Crippen LogP contribution in [0.1, 0.15) is 90.5 Å². The first-order valence-electron chi connectivity index (χ1n) is 12.0. The predicted molar refractivity (Wildman–Crippen MR) is 127 cm³/mol. The summed E-state index contributed by atoms with van der Waals surface area (Å²) < 4.78 is 11.1. The largest absolute Gasteiger partial charge is 0.444 e. The minimum absolute atomic E-state index is 0.106. The molecule has 1 aromatic rings. The van der Waals surface area contributed by atoms with Gasteiger partial charge >= 0.3 is 6.09 Å². The van der Waals surface area contributed by atoms with Gasteiger partial charge in [-0.3, -0.25) is 0 Å². The van der Waals surface area contributed by atoms with Crippen LogP contribution < -0.4 is 10.2 Å². The van der Waals surface area contributed by atoms with Crippen molar-refractivity contribution in [1.29, 1.82) is 0 Å². The molecule has 1 N–H and O–H groups in total. The summed E-state index contributed by atoms with van der Waals surface area (Å²) in [6.07, 6.45) is 4.03. The second kappa shape index (κ2) is 9.40. The maximum Gasteiger partial charge on any atom is 0.408 e. The van der Waals surface area contributed by atoms with Crippen LogP contribution in [0.3, 0.4) is 0 Å². The Kier molecular flexibility index (Phi) is 7.25. The summed E-state index contributed by atoms with van der Waals surface area (Å²) >= 11 is 0. The molecule has 1 amide bonds. The highest BCUT2D eigenvalue weighted by Crippen LogP contribution is 2.43. The number of nitrogens with zero attached hydrogens (tertiary/aromatic N) is 1. The first-order valence-corrected chi connectivity index (χ1v) is 12.0. The van der Waals surface area contributed by atoms with Crippen LogP contribution in [0.15, 0.2) is 12.1 Å². The quantitative estimate of drug-likeness (QED) is 0.646. The van der Waals surface area contributed by atoms with Gasteiger partial charge in [-0.25, -0.2) is 4.79 Å². The Bertz CT molecular complexity index is 776. The fourth-order valence-electron chi connectivity index (χ4n) is 4.82. The van der Waals surface area contributed by atoms with Crippen molar-refractivity contribution in [2.75, 3.05) is 31.2 Å². The van der Waals surface area contributed by atoms with Crippen LogP contribution in [0, 0.1) is 5.92 Å². The standard InChI is InChI=1S/C26H42N2O3/c1-8-20-15-22-23(16-21(20)18(2)27-24(29)31-25(3,4)5)28(12-11-26(22,6)7)17-19-9-13-30-14-10-19/h15-16,18-19H,8-14,17H2,1-7H3,(H,27,29). The Morgan fingerprint density at radius 2 is 1.97 bits per heavy atom. The van der Waals surface area contributed by atoms with Crippen molar-refractivity contribution in [3.8, 4) is 0 Å². The molecule has 1 atom stereocenters. The summed E-state index contributed by atoms with van der Waals surface area (Å²) in [5.41, 5.74) is 4.94. The smallest absolute Gasteiger partial charge is 0.408 e. The van der Waals surface area contributed by atoms with Gasteiger partial charge in [0, 0.05) is 32.0 Å². The van der Waals surface area contributed by atoms with Crippen molar-refractivity contribution in [2.24, 2.45) is 5.92 Å². The summed E-state index contributed by atoms with van der Waals surface area (Å²) in [7, 11) is 0. The molecule has 0 radical (unpaired) electrons. The van der Waals surface area contributed by atoms with Gasteiger partial charge in [-0.05, 0) is 87.5 Å². The number of hydrogen-bond acceptors (Lipinski definition) is 4. The zero-order valence-corrected chi connectivity index (χ0v) is 20.6. The topological polar surface area (TPSA) is 50.8 Å². The van der Waals surface area contributed by atoms with Crippen LogP contribution in [0.5, 0.6) is 0 Å². The van der Waals surface area contributed by atoms with Gasteiger partial charge in [0.15, 0.2) is 0 Å². The van der Waals surface area contributed by atoms with Crippen LogP contribution in [-0.4, -0.2) is 38.0 Å². The van der Waals surface area contributed by atoms with Crippen molar-refractivity contribution >= 4 is 11.8 Å². The van der Waals surface area contributed by atoms with E-state index >= 15 is 0 Å². The molecular formula is C26H42N2O3. The molecular weight excluding hydrogens is 388 g/mol. The molecule has 5 heteroatoms. The maximum atomic E-state index is 12.4. The van der Waals surface area contributed by atoms with Gasteiger partial charge in [0.25, 0.3) is 0 Å². The first kappa shape index (κ1) is 23.9. The minimum Gasteiger partial charge on any atom is -0.444 e. The Hall–Kier alpha value is -1.75. The second-order valence-electron chi connectivity index (χ2n) is 10.9. The molecule has 1 aromatic carbocycles. The Balaban J connectivity index is 1.90. The van der Waals surface area contributed by atoms with Crippen LogP contribution in [0.4, 0.5) is 10.5 Å². The number of ether oxygens (including phenoxy) is 2. The number of carbonyl (C=O) groups is 1. The van der Waals surface area contributed by atoms with Crippen molar-refractivity contribution in [3.63, 3.8) is 0 Å². The number of rotatable bonds is 5. The van der Waals surface area contributed by atoms with Crippen molar-refractivity contribution in [2.45, 2.75) is 91.2 Å². The summed E-state index contributed by atoms with van der Waals surface area (Å²) in [5, 5.41) is 3.05. The van der Waals surface area contributed by atoms with Crippen molar-refractivity contribution in [1.82, 2.24) is 5.32 Å². The van der Waals surface area contributed by atoms with E-state index in [0.29, 0.717) is 5.92 Å². The molecule has 2 aliphatic heterocycles. The number of nitrogens with one attached hydrogen (secondary N) is 1. The Morgan fingerprint density at radius 1 is 1.29 bits per heavy atom. The molecule has 1 fully saturated rings. The lowest BCUT2D eigenvalue weighted by Gasteiger charge is -2.43. The summed E-state index contributed by atoms with van der Waals surface area (Å²) in [5.74, 6) is 0.689. The molecule has 1 unspecified atom stereocenters. The third kappa shape index (κ3) is 5.94. The van der Waals surface area contributed by atoms with E-state index in [2.05, 4.69) is 50.0 Å². The normalized spacial score (nSPS) is 20.2. The highest BCUT2D eigenvalue weighted by atomic mass is 16.6. The van der Waals surface area contributed by atoms with Crippen LogP contribution in [0.2, 0.25) is 0 Å². The van der Waals surface area contributed by atoms with Crippen LogP contribution in [0.25, 0.3) is 0 Å². The monoisotopic (exact) mass is 430 g/mol. The Morgan fingerprint density at radius 3 is 2.58 bits per heavy atom. The van der Waals surface area contributed by atoms with Gasteiger partial charge in [0.1, 0.15) is 5.60 Å². The highest BCUT2D eigenvalue weighted by molar-refractivity contribution is 5.69. The Labute approximate surface area is 188 Å². The number of carbonyl (C=O) groups excluding carboxylic acids is 1. The number of aryl methyl sites for hydroxylation is 1. The highest BCUT2D eigenvalue weighted by Gasteiger charge is 2.34. The van der Waals surface area contributed by atoms with Gasteiger partial charge in [0.2, 0.25) is 0 Å². The van der Waals surface area contributed by atoms with Crippen molar-refractivity contribution in [3.05, 3.63) is 28.8 Å². The first-order chi connectivity index (χ1) is 14.5. The molecule has 1 saturated heterocycles. The van der Waals surface area contributed by atoms with E-state index in [0.717, 1.165) is 52.0 Å². The third-order valence-corrected chi connectivity index (χ3v) is 6.73. The lowest BCUT2D eigenvalue weighted by atomic mass is 9.75. The molecule has 174 valence electrons. The number of fused-ring (bicyclic) bond motifs is 1. The maximum absolute atomic E-state index is 12.4. The molecule has 2 aliphatic rings. The molecule has 0 aromatic heterocycles. The summed E-state index contributed by atoms with van der Waals surface area (Å²) in [4.78, 5) is 15.0. The zero-order chi connectivity index (χ0) is 22.8. The van der Waals surface area contributed by atoms with Gasteiger partial charge < -0.3 is 19.7 Å². The molecule has 31 heavy (non-hydrogen) atoms. The number of benzene rings is 1. The van der Waals surface area contributed by atoms with Crippen LogP contribution >= 0.6 is 0 Å². The zero-order valence-electron chi connectivity index (χ0n) is 20.6. The summed E-state index contributed by atoms with van der Waals surface area (Å²) in [6, 6.07) is 4.63. The number of hydrogen-bond donors (Lipinski definition) is 1. The van der Waals surface area contributed by atoms with E-state index in [9.17, 15) is 4.79 Å². The van der Waals surface area contributed by atoms with E-state index in [1.807, 2.05) is 20.8 Å². The molecule has 0 saturated carbocycles. The van der Waals surface area contributed by atoms with E-state index in [4.69, 9.17) is 9.47 Å². The molecule has 0 bridgehead atoms. The van der Waals surface area contributed by atoms with E-state index in [-0.39, 0.29) is 17.6 Å². The number of amides is 1. The fourth-order valence-corrected chi connectivity index (χ4v) is 4.82. The lowest BCUT2D eigenvalue weighted by molar-refractivity contribution is 0.0507. The summed E-state index contributed by atoms with van der Waals surface area (Å²) in [6.45, 7) is 18.6. The fraction of sp³-hybridized carbons (Fsp3) is 0.731. The molecule has 2 heterocycles. The van der Waals surface area contributed by atoms with Gasteiger partial charge in [-0.15, -0.1) is 0 Å². The minimum atomic E-state index is -0.502. The average molecular weight is 431 g/mol. The molecule has 3 rings (SSSR count). The van der Waals surface area contributed by atoms with E-state index < -0.39 is 5.60 Å². The van der Waals surface area contributed by atoms with Gasteiger partial charge in [-0.1, -0.05) is 26.8 Å². The van der Waals surface area contributed by atoms with E-state index in [1.54, 1.807) is 0 Å². The average Bonchev–Trinajstić information content (AvgIpc) is 2.68. The molecule has 0 spiro atoms. The SMILES string of the molecule is CCc1cc2c(cc1C(C)NC(=O)OC(C)(C)C)N(CC1CCOCC1)CCC2(C)C. The third-order valence-electron chi connectivity index (χ3n) is 6.73. The van der Waals surface area contributed by atoms with Gasteiger partial charge in [-0.2, -0.15) is 0 Å². The lowest BCUT2D eigenvalue weighted by Crippen LogP contribution is -2.41. The predicted octanol–water partition coefficient (Wildman–Crippen LogP) is 5.75. The van der Waals surface area contributed by atoms with Crippen molar-refractivity contribution < 1.29 is 14.3 Å². The second-order valence-corrected chi connectivity index (χ2v) is 10.9. The van der Waals surface area contributed by atoms with Gasteiger partial charge in [0.05, 0.1) is 6.04 Å². The molecule has 0 aliphatic carbocycles. The van der Waals surface area contributed by atoms with Crippen LogP contribution in [-0.2, 0) is 21.3 Å².